The van der Waals surface area contributed by atoms with Crippen molar-refractivity contribution in [1.29, 1.82) is 5.26 Å². The molecule has 0 atom stereocenters. The molecular formula is C46H27N3. The molecule has 0 unspecified atom stereocenters. The molecule has 2 aromatic heterocycles. The van der Waals surface area contributed by atoms with Gasteiger partial charge in [0.1, 0.15) is 5.65 Å². The molecule has 49 heavy (non-hydrogen) atoms. The summed E-state index contributed by atoms with van der Waals surface area (Å²) in [7, 11) is 0. The molecule has 0 aliphatic carbocycles. The predicted octanol–water partition coefficient (Wildman–Crippen LogP) is 12.0. The van der Waals surface area contributed by atoms with Crippen molar-refractivity contribution in [3.05, 3.63) is 169 Å². The summed E-state index contributed by atoms with van der Waals surface area (Å²) in [5.74, 6) is 0. The summed E-state index contributed by atoms with van der Waals surface area (Å²) in [4.78, 5) is 5.08. The Labute approximate surface area is 282 Å². The number of nitriles is 1. The number of pyridine rings is 1. The second kappa shape index (κ2) is 10.6. The highest BCUT2D eigenvalue weighted by Crippen LogP contribution is 2.45. The maximum absolute atomic E-state index is 9.81. The molecule has 3 heteroatoms. The Morgan fingerprint density at radius 3 is 1.65 bits per heavy atom. The van der Waals surface area contributed by atoms with Gasteiger partial charge >= 0.3 is 0 Å². The summed E-state index contributed by atoms with van der Waals surface area (Å²) in [6.07, 6.45) is 0. The molecule has 3 nitrogen and oxygen atoms in total. The van der Waals surface area contributed by atoms with E-state index in [0.29, 0.717) is 5.56 Å². The average Bonchev–Trinajstić information content (AvgIpc) is 3.57. The molecule has 2 heterocycles. The van der Waals surface area contributed by atoms with Crippen LogP contribution in [-0.2, 0) is 0 Å². The van der Waals surface area contributed by atoms with E-state index in [-0.39, 0.29) is 0 Å². The van der Waals surface area contributed by atoms with Crippen molar-refractivity contribution in [3.8, 4) is 39.4 Å². The molecule has 10 aromatic rings. The zero-order valence-electron chi connectivity index (χ0n) is 26.4. The third-order valence-corrected chi connectivity index (χ3v) is 9.96. The zero-order valence-corrected chi connectivity index (χ0v) is 26.4. The quantitative estimate of drug-likeness (QED) is 0.145. The number of imidazole rings is 1. The molecule has 0 saturated carbocycles. The van der Waals surface area contributed by atoms with Gasteiger partial charge in [-0.25, -0.2) is 4.98 Å². The first kappa shape index (κ1) is 27.4. The van der Waals surface area contributed by atoms with Gasteiger partial charge in [-0.05, 0) is 103 Å². The van der Waals surface area contributed by atoms with Gasteiger partial charge in [-0.3, -0.25) is 4.40 Å². The van der Waals surface area contributed by atoms with Crippen LogP contribution in [-0.4, -0.2) is 9.38 Å². The van der Waals surface area contributed by atoms with E-state index < -0.39 is 0 Å². The van der Waals surface area contributed by atoms with Crippen molar-refractivity contribution in [2.75, 3.05) is 0 Å². The summed E-state index contributed by atoms with van der Waals surface area (Å²) in [5, 5.41) is 18.0. The second-order valence-electron chi connectivity index (χ2n) is 12.7. The molecule has 0 N–H and O–H groups in total. The van der Waals surface area contributed by atoms with Crippen molar-refractivity contribution >= 4 is 59.9 Å². The van der Waals surface area contributed by atoms with Gasteiger partial charge < -0.3 is 0 Å². The largest absolute Gasteiger partial charge is 0.292 e. The number of para-hydroxylation sites is 2. The van der Waals surface area contributed by atoms with Gasteiger partial charge in [-0.15, -0.1) is 0 Å². The van der Waals surface area contributed by atoms with Crippen LogP contribution in [0.5, 0.6) is 0 Å². The van der Waals surface area contributed by atoms with Crippen molar-refractivity contribution < 1.29 is 0 Å². The smallest absolute Gasteiger partial charge is 0.146 e. The van der Waals surface area contributed by atoms with E-state index in [2.05, 4.69) is 150 Å². The fourth-order valence-corrected chi connectivity index (χ4v) is 7.80. The van der Waals surface area contributed by atoms with Gasteiger partial charge in [-0.2, -0.15) is 5.26 Å². The lowest BCUT2D eigenvalue weighted by Gasteiger charge is -2.19. The number of hydrogen-bond acceptors (Lipinski definition) is 2. The topological polar surface area (TPSA) is 41.1 Å². The van der Waals surface area contributed by atoms with Gasteiger partial charge in [0.25, 0.3) is 0 Å². The molecule has 8 aromatic carbocycles. The zero-order chi connectivity index (χ0) is 32.5. The van der Waals surface area contributed by atoms with Gasteiger partial charge in [0, 0.05) is 10.8 Å². The van der Waals surface area contributed by atoms with Crippen LogP contribution in [0.4, 0.5) is 0 Å². The molecular weight excluding hydrogens is 595 g/mol. The number of aromatic nitrogens is 2. The first-order valence-corrected chi connectivity index (χ1v) is 16.5. The van der Waals surface area contributed by atoms with Crippen LogP contribution in [0, 0.1) is 11.3 Å². The first-order valence-electron chi connectivity index (χ1n) is 16.5. The number of nitrogens with zero attached hydrogens (tertiary/aromatic N) is 3. The Morgan fingerprint density at radius 2 is 0.959 bits per heavy atom. The lowest BCUT2D eigenvalue weighted by Crippen LogP contribution is -1.93. The van der Waals surface area contributed by atoms with Crippen molar-refractivity contribution in [3.63, 3.8) is 0 Å². The highest BCUT2D eigenvalue weighted by atomic mass is 15.0. The van der Waals surface area contributed by atoms with Crippen LogP contribution >= 0.6 is 0 Å². The van der Waals surface area contributed by atoms with Crippen LogP contribution in [0.2, 0.25) is 0 Å². The first-order chi connectivity index (χ1) is 24.3. The SMILES string of the molecule is N#Cc1ccc2c3cc(-c4ccc5c(-c6ccccc6)c6ccccc6c(-c6ccccc6)c5c4)ccc3c3nc4ccccc4n3c2c1. The minimum Gasteiger partial charge on any atom is -0.292 e. The highest BCUT2D eigenvalue weighted by Gasteiger charge is 2.19. The van der Waals surface area contributed by atoms with E-state index in [4.69, 9.17) is 4.98 Å². The summed E-state index contributed by atoms with van der Waals surface area (Å²) >= 11 is 0. The van der Waals surface area contributed by atoms with E-state index in [1.807, 2.05) is 24.3 Å². The third-order valence-electron chi connectivity index (χ3n) is 9.96. The molecule has 0 aliphatic rings. The van der Waals surface area contributed by atoms with E-state index in [0.717, 1.165) is 49.5 Å². The summed E-state index contributed by atoms with van der Waals surface area (Å²) in [5.41, 5.74) is 11.7. The maximum atomic E-state index is 9.81. The lowest BCUT2D eigenvalue weighted by atomic mass is 9.85. The summed E-state index contributed by atoms with van der Waals surface area (Å²) < 4.78 is 2.20. The van der Waals surface area contributed by atoms with Gasteiger partial charge in [0.15, 0.2) is 0 Å². The molecule has 0 amide bonds. The average molecular weight is 622 g/mol. The number of rotatable bonds is 3. The maximum Gasteiger partial charge on any atom is 0.146 e. The lowest BCUT2D eigenvalue weighted by molar-refractivity contribution is 1.31. The fraction of sp³-hybridized carbons (Fsp3) is 0. The van der Waals surface area contributed by atoms with Crippen LogP contribution in [0.1, 0.15) is 5.56 Å². The monoisotopic (exact) mass is 621 g/mol. The van der Waals surface area contributed by atoms with Crippen molar-refractivity contribution in [2.24, 2.45) is 0 Å². The van der Waals surface area contributed by atoms with E-state index in [1.165, 1.54) is 43.8 Å². The summed E-state index contributed by atoms with van der Waals surface area (Å²) in [6, 6.07) is 60.5. The molecule has 0 saturated heterocycles. The van der Waals surface area contributed by atoms with Crippen LogP contribution in [0.25, 0.3) is 93.3 Å². The fourth-order valence-electron chi connectivity index (χ4n) is 7.80. The van der Waals surface area contributed by atoms with Crippen molar-refractivity contribution in [1.82, 2.24) is 9.38 Å². The summed E-state index contributed by atoms with van der Waals surface area (Å²) in [6.45, 7) is 0. The minimum absolute atomic E-state index is 0.631. The molecule has 0 aliphatic heterocycles. The molecule has 0 spiro atoms. The van der Waals surface area contributed by atoms with Crippen molar-refractivity contribution in [2.45, 2.75) is 0 Å². The Morgan fingerprint density at radius 1 is 0.408 bits per heavy atom. The van der Waals surface area contributed by atoms with Crippen LogP contribution < -0.4 is 0 Å². The van der Waals surface area contributed by atoms with Gasteiger partial charge in [-0.1, -0.05) is 121 Å². The molecule has 10 rings (SSSR count). The van der Waals surface area contributed by atoms with E-state index in [1.54, 1.807) is 0 Å². The predicted molar refractivity (Wildman–Crippen MR) is 204 cm³/mol. The van der Waals surface area contributed by atoms with E-state index in [9.17, 15) is 5.26 Å². The number of benzene rings is 8. The normalized spacial score (nSPS) is 11.7. The molecule has 0 fully saturated rings. The molecule has 0 bridgehead atoms. The Balaban J connectivity index is 1.29. The number of fused-ring (bicyclic) bond motifs is 10. The van der Waals surface area contributed by atoms with Crippen LogP contribution in [0.3, 0.4) is 0 Å². The third kappa shape index (κ3) is 4.11. The van der Waals surface area contributed by atoms with Gasteiger partial charge in [0.05, 0.1) is 28.2 Å². The van der Waals surface area contributed by atoms with Crippen LogP contribution in [0.15, 0.2) is 164 Å². The molecule has 0 radical (unpaired) electrons. The minimum atomic E-state index is 0.631. The van der Waals surface area contributed by atoms with Gasteiger partial charge in [0.2, 0.25) is 0 Å². The Kier molecular flexibility index (Phi) is 5.94. The standard InChI is InChI=1S/C46H27N3/c47-28-29-19-22-34-39-26-32(21-24-38(39)46-48-41-17-9-10-18-42(41)49(46)43(34)25-29)33-20-23-37-40(27-33)45(31-13-5-2-6-14-31)36-16-8-7-15-35(36)44(37)30-11-3-1-4-12-30/h1-27H. The Hall–Kier alpha value is -6.76. The highest BCUT2D eigenvalue weighted by molar-refractivity contribution is 6.22. The number of hydrogen-bond donors (Lipinski definition) is 0. The van der Waals surface area contributed by atoms with E-state index >= 15 is 0 Å². The Bertz CT molecular complexity index is 2990. The second-order valence-corrected chi connectivity index (χ2v) is 12.7. The molecule has 226 valence electrons.